The minimum absolute atomic E-state index is 0.0770. The largest absolute Gasteiger partial charge is 0.496 e. The van der Waals surface area contributed by atoms with Gasteiger partial charge in [-0.05, 0) is 67.1 Å². The predicted octanol–water partition coefficient (Wildman–Crippen LogP) is 7.00. The number of carbonyl (C=O) groups is 1. The number of ether oxygens (including phenoxy) is 1. The summed E-state index contributed by atoms with van der Waals surface area (Å²) in [7, 11) is 3.36. The van der Waals surface area contributed by atoms with Gasteiger partial charge in [-0.15, -0.1) is 0 Å². The summed E-state index contributed by atoms with van der Waals surface area (Å²) in [4.78, 5) is 17.3. The minimum Gasteiger partial charge on any atom is -0.496 e. The number of alkyl halides is 2. The van der Waals surface area contributed by atoms with Crippen LogP contribution in [0.1, 0.15) is 72.6 Å². The van der Waals surface area contributed by atoms with Gasteiger partial charge < -0.3 is 20.1 Å². The topological polar surface area (TPSA) is 77.6 Å². The van der Waals surface area contributed by atoms with Gasteiger partial charge >= 0.3 is 5.97 Å². The fourth-order valence-electron chi connectivity index (χ4n) is 6.21. The van der Waals surface area contributed by atoms with Gasteiger partial charge in [0.25, 0.3) is 0 Å². The number of halogens is 2. The highest BCUT2D eigenvalue weighted by Gasteiger charge is 2.58. The first kappa shape index (κ1) is 26.9. The zero-order valence-corrected chi connectivity index (χ0v) is 22.3. The van der Waals surface area contributed by atoms with Crippen LogP contribution in [-0.4, -0.2) is 47.6 Å². The van der Waals surface area contributed by atoms with E-state index in [9.17, 15) is 18.7 Å². The van der Waals surface area contributed by atoms with E-state index in [0.717, 1.165) is 39.8 Å². The molecule has 200 valence electrons. The van der Waals surface area contributed by atoms with Gasteiger partial charge in [0.05, 0.1) is 12.7 Å². The monoisotopic (exact) mass is 513 g/mol. The van der Waals surface area contributed by atoms with Gasteiger partial charge in [0.1, 0.15) is 5.75 Å². The van der Waals surface area contributed by atoms with E-state index in [1.807, 2.05) is 51.2 Å². The Bertz CT molecular complexity index is 1280. The molecule has 5 rings (SSSR count). The SMILES string of the molecule is CC.CNc1cc([C@H]2CC3(CCN2Cc2c(OC)cc(C)c4[nH]ccc24)CC(F)(F)C3)ccc1C(=O)O. The zero-order valence-electron chi connectivity index (χ0n) is 22.3. The fraction of sp³-hybridized carbons (Fsp3) is 0.483. The molecule has 0 bridgehead atoms. The van der Waals surface area contributed by atoms with Crippen molar-refractivity contribution < 1.29 is 23.4 Å². The Morgan fingerprint density at radius 3 is 2.59 bits per heavy atom. The molecule has 3 aromatic rings. The van der Waals surface area contributed by atoms with Crippen LogP contribution in [0.25, 0.3) is 10.9 Å². The third-order valence-electron chi connectivity index (χ3n) is 7.88. The summed E-state index contributed by atoms with van der Waals surface area (Å²) < 4.78 is 33.7. The molecule has 1 aliphatic carbocycles. The number of hydrogen-bond acceptors (Lipinski definition) is 4. The number of carboxylic acid groups (broad SMARTS) is 1. The second kappa shape index (κ2) is 10.3. The number of hydrogen-bond donors (Lipinski definition) is 3. The maximum atomic E-state index is 14.0. The fourth-order valence-corrected chi connectivity index (χ4v) is 6.21. The molecular weight excluding hydrogens is 476 g/mol. The molecule has 2 aromatic carbocycles. The molecule has 1 atom stereocenters. The Morgan fingerprint density at radius 1 is 1.24 bits per heavy atom. The Labute approximate surface area is 217 Å². The van der Waals surface area contributed by atoms with Crippen LogP contribution in [0.5, 0.6) is 5.75 Å². The number of methoxy groups -OCH3 is 1. The van der Waals surface area contributed by atoms with E-state index in [1.54, 1.807) is 20.2 Å². The number of nitrogens with one attached hydrogen (secondary N) is 2. The molecule has 0 amide bonds. The molecule has 1 saturated heterocycles. The molecule has 6 nitrogen and oxygen atoms in total. The summed E-state index contributed by atoms with van der Waals surface area (Å²) in [6.45, 7) is 7.32. The number of anilines is 1. The molecule has 2 aliphatic rings. The van der Waals surface area contributed by atoms with Gasteiger partial charge in [0, 0.05) is 60.8 Å². The van der Waals surface area contributed by atoms with Crippen molar-refractivity contribution in [3.05, 3.63) is 58.8 Å². The lowest BCUT2D eigenvalue weighted by atomic mass is 9.59. The van der Waals surface area contributed by atoms with Crippen LogP contribution in [0.4, 0.5) is 14.5 Å². The number of carboxylic acids is 1. The van der Waals surface area contributed by atoms with Crippen molar-refractivity contribution in [3.63, 3.8) is 0 Å². The first-order chi connectivity index (χ1) is 17.6. The summed E-state index contributed by atoms with van der Waals surface area (Å²) >= 11 is 0. The number of nitrogens with zero attached hydrogens (tertiary/aromatic N) is 1. The van der Waals surface area contributed by atoms with Crippen LogP contribution in [0, 0.1) is 12.3 Å². The lowest BCUT2D eigenvalue weighted by Crippen LogP contribution is -2.53. The van der Waals surface area contributed by atoms with E-state index >= 15 is 0 Å². The number of aromatic amines is 1. The molecule has 0 unspecified atom stereocenters. The van der Waals surface area contributed by atoms with E-state index < -0.39 is 11.9 Å². The highest BCUT2D eigenvalue weighted by atomic mass is 19.3. The average molecular weight is 514 g/mol. The summed E-state index contributed by atoms with van der Waals surface area (Å²) in [5, 5.41) is 13.6. The van der Waals surface area contributed by atoms with Crippen molar-refractivity contribution in [3.8, 4) is 5.75 Å². The highest BCUT2D eigenvalue weighted by Crippen LogP contribution is 2.60. The number of H-pyrrole nitrogens is 1. The number of likely N-dealkylation sites (tertiary alicyclic amines) is 1. The number of piperidine rings is 1. The number of aromatic nitrogens is 1. The first-order valence-electron chi connectivity index (χ1n) is 13.0. The van der Waals surface area contributed by atoms with Crippen molar-refractivity contribution >= 4 is 22.6 Å². The van der Waals surface area contributed by atoms with Crippen LogP contribution < -0.4 is 10.1 Å². The lowest BCUT2D eigenvalue weighted by Gasteiger charge is -2.54. The molecule has 37 heavy (non-hydrogen) atoms. The van der Waals surface area contributed by atoms with E-state index in [4.69, 9.17) is 4.74 Å². The lowest BCUT2D eigenvalue weighted by molar-refractivity contribution is -0.186. The number of rotatable bonds is 6. The summed E-state index contributed by atoms with van der Waals surface area (Å²) in [5.74, 6) is -2.79. The van der Waals surface area contributed by atoms with Gasteiger partial charge in [-0.25, -0.2) is 13.6 Å². The van der Waals surface area contributed by atoms with E-state index in [2.05, 4.69) is 15.2 Å². The first-order valence-corrected chi connectivity index (χ1v) is 13.0. The molecule has 2 heterocycles. The molecule has 3 N–H and O–H groups in total. The highest BCUT2D eigenvalue weighted by molar-refractivity contribution is 5.94. The minimum atomic E-state index is -2.59. The summed E-state index contributed by atoms with van der Waals surface area (Å²) in [5.41, 5.74) is 4.49. The Morgan fingerprint density at radius 2 is 1.97 bits per heavy atom. The molecule has 1 saturated carbocycles. The average Bonchev–Trinajstić information content (AvgIpc) is 3.37. The van der Waals surface area contributed by atoms with Crippen LogP contribution in [-0.2, 0) is 6.54 Å². The van der Waals surface area contributed by atoms with Crippen molar-refractivity contribution in [2.45, 2.75) is 65.0 Å². The van der Waals surface area contributed by atoms with E-state index in [0.29, 0.717) is 25.2 Å². The van der Waals surface area contributed by atoms with E-state index in [1.165, 1.54) is 0 Å². The third-order valence-corrected chi connectivity index (χ3v) is 7.88. The maximum Gasteiger partial charge on any atom is 0.337 e. The van der Waals surface area contributed by atoms with Gasteiger partial charge in [-0.1, -0.05) is 19.9 Å². The van der Waals surface area contributed by atoms with E-state index in [-0.39, 0.29) is 29.9 Å². The Balaban J connectivity index is 0.00000156. The van der Waals surface area contributed by atoms with Crippen LogP contribution in [0.3, 0.4) is 0 Å². The number of benzene rings is 2. The van der Waals surface area contributed by atoms with Crippen LogP contribution in [0.15, 0.2) is 36.5 Å². The van der Waals surface area contributed by atoms with Crippen molar-refractivity contribution in [1.29, 1.82) is 0 Å². The number of fused-ring (bicyclic) bond motifs is 1. The van der Waals surface area contributed by atoms with Gasteiger partial charge in [-0.3, -0.25) is 4.90 Å². The molecule has 0 radical (unpaired) electrons. The normalized spacial score (nSPS) is 20.1. The number of aromatic carboxylic acids is 1. The van der Waals surface area contributed by atoms with Gasteiger partial charge in [-0.2, -0.15) is 0 Å². The predicted molar refractivity (Wildman–Crippen MR) is 143 cm³/mol. The van der Waals surface area contributed by atoms with Crippen molar-refractivity contribution in [1.82, 2.24) is 9.88 Å². The maximum absolute atomic E-state index is 14.0. The molecule has 1 spiro atoms. The second-order valence-corrected chi connectivity index (χ2v) is 10.2. The second-order valence-electron chi connectivity index (χ2n) is 10.2. The Hall–Kier alpha value is -3.13. The van der Waals surface area contributed by atoms with Crippen molar-refractivity contribution in [2.24, 2.45) is 5.41 Å². The molecule has 1 aliphatic heterocycles. The summed E-state index contributed by atoms with van der Waals surface area (Å²) in [6, 6.07) is 9.26. The summed E-state index contributed by atoms with van der Waals surface area (Å²) in [6.07, 6.45) is 3.10. The van der Waals surface area contributed by atoms with Crippen LogP contribution in [0.2, 0.25) is 0 Å². The van der Waals surface area contributed by atoms with Crippen LogP contribution >= 0.6 is 0 Å². The smallest absolute Gasteiger partial charge is 0.337 e. The Kier molecular flexibility index (Phi) is 7.51. The third kappa shape index (κ3) is 5.04. The van der Waals surface area contributed by atoms with Crippen molar-refractivity contribution in [2.75, 3.05) is 26.0 Å². The molecule has 2 fully saturated rings. The molecule has 1 aromatic heterocycles. The zero-order chi connectivity index (χ0) is 27.0. The number of aryl methyl sites for hydroxylation is 1. The standard InChI is InChI=1S/C27H31F2N3O3.C2H6/c1-16-10-23(35-3)20(18-6-8-31-24(16)18)13-32-9-7-26(14-27(28,29)15-26)12-22(32)17-4-5-19(25(33)34)21(11-17)30-2;1-2/h4-6,8,10-11,22,30-31H,7,9,12-15H2,1-3H3,(H,33,34);1-2H3/t22-;/m1./s1. The molecular formula is C29H37F2N3O3. The quantitative estimate of drug-likeness (QED) is 0.331. The van der Waals surface area contributed by atoms with Gasteiger partial charge in [0.15, 0.2) is 0 Å². The van der Waals surface area contributed by atoms with Gasteiger partial charge in [0.2, 0.25) is 5.92 Å². The molecule has 8 heteroatoms.